The lowest BCUT2D eigenvalue weighted by molar-refractivity contribution is 0.277. The Morgan fingerprint density at radius 3 is 2.57 bits per heavy atom. The molecule has 0 spiro atoms. The third kappa shape index (κ3) is 3.17. The number of piperazine rings is 1. The van der Waals surface area contributed by atoms with Gasteiger partial charge in [-0.1, -0.05) is 0 Å². The smallest absolute Gasteiger partial charge is 0.161 e. The molecule has 21 heavy (non-hydrogen) atoms. The molecule has 110 valence electrons. The number of rotatable bonds is 3. The number of hydrogen-bond acceptors (Lipinski definition) is 6. The molecule has 1 aliphatic rings. The first-order valence-electron chi connectivity index (χ1n) is 7.09. The minimum atomic E-state index is -0.0810. The maximum Gasteiger partial charge on any atom is 0.161 e. The van der Waals surface area contributed by atoms with Crippen molar-refractivity contribution in [3.63, 3.8) is 0 Å². The number of aromatic nitrogens is 3. The summed E-state index contributed by atoms with van der Waals surface area (Å²) in [5.41, 5.74) is 1.48. The highest BCUT2D eigenvalue weighted by Crippen LogP contribution is 2.18. The molecule has 0 amide bonds. The molecule has 0 aliphatic carbocycles. The average Bonchev–Trinajstić information content (AvgIpc) is 2.56. The summed E-state index contributed by atoms with van der Waals surface area (Å²) in [7, 11) is 2.14. The second-order valence-corrected chi connectivity index (χ2v) is 5.23. The predicted molar refractivity (Wildman–Crippen MR) is 80.9 cm³/mol. The third-order valence-electron chi connectivity index (χ3n) is 3.71. The van der Waals surface area contributed by atoms with Crippen LogP contribution in [0.1, 0.15) is 5.69 Å². The van der Waals surface area contributed by atoms with Crippen molar-refractivity contribution in [2.24, 2.45) is 0 Å². The summed E-state index contributed by atoms with van der Waals surface area (Å²) in [4.78, 5) is 17.6. The zero-order valence-corrected chi connectivity index (χ0v) is 12.1. The van der Waals surface area contributed by atoms with E-state index in [1.165, 1.54) is 0 Å². The lowest BCUT2D eigenvalue weighted by Crippen LogP contribution is -2.44. The minimum Gasteiger partial charge on any atom is -0.390 e. The van der Waals surface area contributed by atoms with E-state index < -0.39 is 0 Å². The Morgan fingerprint density at radius 1 is 1.10 bits per heavy atom. The van der Waals surface area contributed by atoms with Gasteiger partial charge >= 0.3 is 0 Å². The van der Waals surface area contributed by atoms with Gasteiger partial charge in [0.05, 0.1) is 12.3 Å². The van der Waals surface area contributed by atoms with Crippen molar-refractivity contribution in [3.05, 3.63) is 36.3 Å². The van der Waals surface area contributed by atoms with Crippen molar-refractivity contribution in [1.82, 2.24) is 19.9 Å². The van der Waals surface area contributed by atoms with Crippen molar-refractivity contribution in [1.29, 1.82) is 0 Å². The molecule has 0 bridgehead atoms. The number of aliphatic hydroxyl groups is 1. The molecule has 2 aromatic rings. The van der Waals surface area contributed by atoms with Crippen LogP contribution in [0.4, 0.5) is 5.82 Å². The van der Waals surface area contributed by atoms with Crippen molar-refractivity contribution < 1.29 is 5.11 Å². The van der Waals surface area contributed by atoms with Crippen LogP contribution >= 0.6 is 0 Å². The Bertz CT molecular complexity index is 593. The van der Waals surface area contributed by atoms with Crippen LogP contribution in [0.15, 0.2) is 30.6 Å². The van der Waals surface area contributed by atoms with Crippen LogP contribution in [0.3, 0.4) is 0 Å². The van der Waals surface area contributed by atoms with Crippen molar-refractivity contribution in [2.75, 3.05) is 38.1 Å². The van der Waals surface area contributed by atoms with Gasteiger partial charge in [-0.25, -0.2) is 15.0 Å². The van der Waals surface area contributed by atoms with E-state index in [1.54, 1.807) is 18.5 Å². The lowest BCUT2D eigenvalue weighted by Gasteiger charge is -2.33. The van der Waals surface area contributed by atoms with Gasteiger partial charge in [-0.05, 0) is 25.2 Å². The normalized spacial score (nSPS) is 16.2. The van der Waals surface area contributed by atoms with Crippen LogP contribution in [0.5, 0.6) is 0 Å². The molecule has 0 atom stereocenters. The highest BCUT2D eigenvalue weighted by molar-refractivity contribution is 5.56. The van der Waals surface area contributed by atoms with Crippen molar-refractivity contribution in [2.45, 2.75) is 6.61 Å². The fourth-order valence-electron chi connectivity index (χ4n) is 2.36. The van der Waals surface area contributed by atoms with Crippen LogP contribution in [0.25, 0.3) is 11.4 Å². The van der Waals surface area contributed by atoms with Gasteiger partial charge < -0.3 is 14.9 Å². The molecule has 1 fully saturated rings. The second kappa shape index (κ2) is 6.15. The molecule has 0 aromatic carbocycles. The van der Waals surface area contributed by atoms with E-state index in [0.717, 1.165) is 37.6 Å². The van der Waals surface area contributed by atoms with E-state index in [9.17, 15) is 0 Å². The van der Waals surface area contributed by atoms with Gasteiger partial charge in [0.1, 0.15) is 5.82 Å². The molecular formula is C15H19N5O. The number of aliphatic hydroxyl groups excluding tert-OH is 1. The predicted octanol–water partition coefficient (Wildman–Crippen LogP) is 0.783. The highest BCUT2D eigenvalue weighted by Gasteiger charge is 2.15. The second-order valence-electron chi connectivity index (χ2n) is 5.23. The van der Waals surface area contributed by atoms with Crippen LogP contribution in [-0.2, 0) is 6.61 Å². The van der Waals surface area contributed by atoms with Crippen molar-refractivity contribution in [3.8, 4) is 11.4 Å². The van der Waals surface area contributed by atoms with Crippen LogP contribution in [-0.4, -0.2) is 58.2 Å². The molecule has 6 nitrogen and oxygen atoms in total. The van der Waals surface area contributed by atoms with Crippen LogP contribution in [0.2, 0.25) is 0 Å². The molecule has 0 radical (unpaired) electrons. The minimum absolute atomic E-state index is 0.0810. The maximum atomic E-state index is 9.13. The molecule has 3 rings (SSSR count). The fourth-order valence-corrected chi connectivity index (χ4v) is 2.36. The molecule has 1 N–H and O–H groups in total. The van der Waals surface area contributed by atoms with Crippen LogP contribution < -0.4 is 4.90 Å². The number of pyridine rings is 1. The SMILES string of the molecule is CN1CCN(c2ccc(-c3nccc(CO)n3)cn2)CC1. The Morgan fingerprint density at radius 2 is 1.90 bits per heavy atom. The van der Waals surface area contributed by atoms with E-state index in [4.69, 9.17) is 5.11 Å². The number of likely N-dealkylation sites (N-methyl/N-ethyl adjacent to an activating group) is 1. The summed E-state index contributed by atoms with van der Waals surface area (Å²) >= 11 is 0. The molecule has 1 saturated heterocycles. The van der Waals surface area contributed by atoms with Gasteiger partial charge in [0.25, 0.3) is 0 Å². The topological polar surface area (TPSA) is 65.4 Å². The van der Waals surface area contributed by atoms with E-state index in [2.05, 4.69) is 31.8 Å². The van der Waals surface area contributed by atoms with Gasteiger partial charge in [0.2, 0.25) is 0 Å². The summed E-state index contributed by atoms with van der Waals surface area (Å²) in [6.07, 6.45) is 3.45. The summed E-state index contributed by atoms with van der Waals surface area (Å²) in [5.74, 6) is 1.59. The fraction of sp³-hybridized carbons (Fsp3) is 0.400. The largest absolute Gasteiger partial charge is 0.390 e. The quantitative estimate of drug-likeness (QED) is 0.899. The van der Waals surface area contributed by atoms with Gasteiger partial charge in [-0.2, -0.15) is 0 Å². The first-order valence-corrected chi connectivity index (χ1v) is 7.09. The molecule has 3 heterocycles. The van der Waals surface area contributed by atoms with Gasteiger partial charge in [-0.15, -0.1) is 0 Å². The summed E-state index contributed by atoms with van der Waals surface area (Å²) in [6.45, 7) is 4.04. The number of anilines is 1. The zero-order chi connectivity index (χ0) is 14.7. The number of nitrogens with zero attached hydrogens (tertiary/aromatic N) is 5. The van der Waals surface area contributed by atoms with E-state index in [-0.39, 0.29) is 6.61 Å². The Kier molecular flexibility index (Phi) is 4.08. The molecule has 1 aliphatic heterocycles. The Labute approximate surface area is 124 Å². The first kappa shape index (κ1) is 13.9. The van der Waals surface area contributed by atoms with E-state index in [0.29, 0.717) is 11.5 Å². The van der Waals surface area contributed by atoms with Crippen molar-refractivity contribution >= 4 is 5.82 Å². The lowest BCUT2D eigenvalue weighted by atomic mass is 10.2. The molecule has 0 saturated carbocycles. The monoisotopic (exact) mass is 285 g/mol. The standard InChI is InChI=1S/C15H19N5O/c1-19-6-8-20(9-7-19)14-3-2-12(10-17-14)15-16-5-4-13(11-21)18-15/h2-5,10,21H,6-9,11H2,1H3. The maximum absolute atomic E-state index is 9.13. The van der Waals surface area contributed by atoms with Gasteiger partial charge in [-0.3, -0.25) is 0 Å². The van der Waals surface area contributed by atoms with Gasteiger partial charge in [0, 0.05) is 44.1 Å². The van der Waals surface area contributed by atoms with E-state index >= 15 is 0 Å². The molecular weight excluding hydrogens is 266 g/mol. The summed E-state index contributed by atoms with van der Waals surface area (Å²) in [6, 6.07) is 5.70. The molecule has 6 heteroatoms. The Hall–Kier alpha value is -2.05. The zero-order valence-electron chi connectivity index (χ0n) is 12.1. The molecule has 2 aromatic heterocycles. The van der Waals surface area contributed by atoms with Gasteiger partial charge in [0.15, 0.2) is 5.82 Å². The third-order valence-corrected chi connectivity index (χ3v) is 3.71. The van der Waals surface area contributed by atoms with Crippen LogP contribution in [0, 0.1) is 0 Å². The summed E-state index contributed by atoms with van der Waals surface area (Å²) in [5, 5.41) is 9.13. The molecule has 0 unspecified atom stereocenters. The summed E-state index contributed by atoms with van der Waals surface area (Å²) < 4.78 is 0. The number of hydrogen-bond donors (Lipinski definition) is 1. The first-order chi connectivity index (χ1) is 10.3. The van der Waals surface area contributed by atoms with E-state index in [1.807, 2.05) is 12.1 Å². The Balaban J connectivity index is 1.77. The average molecular weight is 285 g/mol. The highest BCUT2D eigenvalue weighted by atomic mass is 16.3.